The van der Waals surface area contributed by atoms with E-state index >= 15 is 0 Å². The Morgan fingerprint density at radius 1 is 0.784 bits per heavy atom. The van der Waals surface area contributed by atoms with E-state index in [4.69, 9.17) is 5.11 Å². The average molecular weight is 668 g/mol. The molecule has 2 aromatic heterocycles. The average Bonchev–Trinajstić information content (AvgIpc) is 3.62. The highest BCUT2D eigenvalue weighted by Crippen LogP contribution is 2.48. The van der Waals surface area contributed by atoms with Gasteiger partial charge in [-0.2, -0.15) is 4.68 Å². The van der Waals surface area contributed by atoms with Crippen molar-refractivity contribution in [2.75, 3.05) is 0 Å². The molecule has 0 aliphatic heterocycles. The summed E-state index contributed by atoms with van der Waals surface area (Å²) in [6, 6.07) is 45.7. The first-order valence-corrected chi connectivity index (χ1v) is 17.3. The summed E-state index contributed by atoms with van der Waals surface area (Å²) in [4.78, 5) is 14.7. The molecule has 1 aliphatic rings. The normalized spacial score (nSPS) is 14.9. The van der Waals surface area contributed by atoms with Gasteiger partial charge in [0.25, 0.3) is 0 Å². The van der Waals surface area contributed by atoms with Crippen molar-refractivity contribution in [3.63, 3.8) is 0 Å². The van der Waals surface area contributed by atoms with Crippen LogP contribution >= 0.6 is 0 Å². The number of carboxylic acids is 1. The summed E-state index contributed by atoms with van der Waals surface area (Å²) in [5.74, 6) is 0.341. The number of hydrogen-bond donors (Lipinski definition) is 1. The zero-order valence-corrected chi connectivity index (χ0v) is 28.6. The third-order valence-corrected chi connectivity index (χ3v) is 10.2. The van der Waals surface area contributed by atoms with E-state index in [0.717, 1.165) is 35.3 Å². The fraction of sp³-hybridized carbons (Fsp3) is 0.159. The van der Waals surface area contributed by atoms with Crippen LogP contribution in [0.25, 0.3) is 38.1 Å². The zero-order valence-electron chi connectivity index (χ0n) is 28.6. The summed E-state index contributed by atoms with van der Waals surface area (Å²) in [6.45, 7) is 4.84. The highest BCUT2D eigenvalue weighted by atomic mass is 16.4. The van der Waals surface area contributed by atoms with E-state index < -0.39 is 5.97 Å². The fourth-order valence-corrected chi connectivity index (χ4v) is 7.62. The Balaban J connectivity index is 0.000000242. The van der Waals surface area contributed by atoms with Gasteiger partial charge in [0, 0.05) is 18.0 Å². The summed E-state index contributed by atoms with van der Waals surface area (Å²) in [6.07, 6.45) is 4.46. The quantitative estimate of drug-likeness (QED) is 0.184. The molecule has 0 saturated heterocycles. The lowest BCUT2D eigenvalue weighted by Crippen LogP contribution is -2.31. The molecule has 2 heterocycles. The fourth-order valence-electron chi connectivity index (χ4n) is 7.62. The van der Waals surface area contributed by atoms with Crippen LogP contribution in [0.4, 0.5) is 0 Å². The minimum atomic E-state index is -0.911. The highest BCUT2D eigenvalue weighted by Gasteiger charge is 2.37. The number of nitrogens with zero attached hydrogens (tertiary/aromatic N) is 5. The van der Waals surface area contributed by atoms with Crippen molar-refractivity contribution in [3.05, 3.63) is 173 Å². The van der Waals surface area contributed by atoms with Gasteiger partial charge in [0.2, 0.25) is 0 Å². The van der Waals surface area contributed by atoms with Crippen LogP contribution < -0.4 is 0 Å². The monoisotopic (exact) mass is 667 g/mol. The van der Waals surface area contributed by atoms with Crippen LogP contribution in [0.15, 0.2) is 140 Å². The number of benzene rings is 6. The van der Waals surface area contributed by atoms with E-state index in [1.54, 1.807) is 30.5 Å². The van der Waals surface area contributed by atoms with Crippen molar-refractivity contribution >= 4 is 38.4 Å². The number of fused-ring (bicyclic) bond motifs is 6. The van der Waals surface area contributed by atoms with Gasteiger partial charge in [-0.05, 0) is 115 Å². The van der Waals surface area contributed by atoms with Gasteiger partial charge in [-0.3, -0.25) is 4.98 Å². The lowest BCUT2D eigenvalue weighted by Gasteiger charge is -2.41. The number of aromatic nitrogens is 5. The van der Waals surface area contributed by atoms with Crippen LogP contribution in [-0.4, -0.2) is 36.3 Å². The Morgan fingerprint density at radius 2 is 1.59 bits per heavy atom. The number of aromatic carboxylic acids is 1. The second kappa shape index (κ2) is 13.2. The number of pyridine rings is 1. The molecule has 9 rings (SSSR count). The minimum Gasteiger partial charge on any atom is -0.478 e. The SMILES string of the molecule is CC1(C)Cc2c(ccc3c2ccc2ccccc23)CC1c1cccc(-n2nnnc2Cc2ccccc2)c1.O=C(O)c1ccc2ncccc2c1. The topological polar surface area (TPSA) is 93.8 Å². The van der Waals surface area contributed by atoms with Gasteiger partial charge in [0.05, 0.1) is 16.8 Å². The van der Waals surface area contributed by atoms with E-state index in [2.05, 4.69) is 131 Å². The summed E-state index contributed by atoms with van der Waals surface area (Å²) in [7, 11) is 0. The molecular formula is C44H37N5O2. The van der Waals surface area contributed by atoms with Gasteiger partial charge in [0.15, 0.2) is 5.82 Å². The van der Waals surface area contributed by atoms with E-state index in [0.29, 0.717) is 17.9 Å². The Kier molecular flexibility index (Phi) is 8.32. The Labute approximate surface area is 296 Å². The summed E-state index contributed by atoms with van der Waals surface area (Å²) in [5, 5.41) is 27.7. The molecule has 51 heavy (non-hydrogen) atoms. The summed E-state index contributed by atoms with van der Waals surface area (Å²) in [5.41, 5.74) is 7.76. The van der Waals surface area contributed by atoms with Gasteiger partial charge in [-0.25, -0.2) is 4.79 Å². The first-order valence-electron chi connectivity index (χ1n) is 17.3. The lowest BCUT2D eigenvalue weighted by atomic mass is 9.63. The predicted molar refractivity (Wildman–Crippen MR) is 202 cm³/mol. The number of carboxylic acid groups (broad SMARTS) is 1. The van der Waals surface area contributed by atoms with Crippen LogP contribution in [-0.2, 0) is 19.3 Å². The number of hydrogen-bond acceptors (Lipinski definition) is 5. The van der Waals surface area contributed by atoms with Crippen LogP contribution in [0, 0.1) is 5.41 Å². The molecule has 0 saturated carbocycles. The van der Waals surface area contributed by atoms with Gasteiger partial charge in [0.1, 0.15) is 0 Å². The Bertz CT molecular complexity index is 2540. The summed E-state index contributed by atoms with van der Waals surface area (Å²) >= 11 is 0. The molecule has 8 aromatic rings. The predicted octanol–water partition coefficient (Wildman–Crippen LogP) is 9.40. The van der Waals surface area contributed by atoms with E-state index in [1.807, 2.05) is 16.8 Å². The maximum atomic E-state index is 10.6. The molecule has 0 spiro atoms. The molecule has 1 atom stereocenters. The molecule has 0 bridgehead atoms. The van der Waals surface area contributed by atoms with Crippen LogP contribution in [0.3, 0.4) is 0 Å². The number of carbonyl (C=O) groups is 1. The summed E-state index contributed by atoms with van der Waals surface area (Å²) < 4.78 is 1.89. The molecule has 250 valence electrons. The molecule has 7 heteroatoms. The van der Waals surface area contributed by atoms with Crippen molar-refractivity contribution in [2.45, 2.75) is 39.0 Å². The third kappa shape index (κ3) is 6.34. The maximum absolute atomic E-state index is 10.6. The zero-order chi connectivity index (χ0) is 35.0. The standard InChI is InChI=1S/C34H30N4.C10H7NO2/c1-34(2)22-31-25(16-18-29-28-14-7-6-11-24(28)15-17-30(29)31)21-32(34)26-12-8-13-27(20-26)38-33(35-36-37-38)19-23-9-4-3-5-10-23;12-10(13)8-3-4-9-7(6-8)2-1-5-11-9/h3-18,20,32H,19,21-22H2,1-2H3;1-6H,(H,12,13). The number of tetrazole rings is 1. The molecule has 7 nitrogen and oxygen atoms in total. The molecule has 0 fully saturated rings. The van der Waals surface area contributed by atoms with Crippen LogP contribution in [0.1, 0.15) is 58.2 Å². The Morgan fingerprint density at radius 3 is 2.45 bits per heavy atom. The second-order valence-corrected chi connectivity index (χ2v) is 14.0. The lowest BCUT2D eigenvalue weighted by molar-refractivity contribution is 0.0697. The molecule has 1 unspecified atom stereocenters. The first kappa shape index (κ1) is 32.0. The Hall–Kier alpha value is -6.21. The van der Waals surface area contributed by atoms with Crippen molar-refractivity contribution in [2.24, 2.45) is 5.41 Å². The van der Waals surface area contributed by atoms with Gasteiger partial charge in [-0.15, -0.1) is 5.10 Å². The molecule has 1 N–H and O–H groups in total. The minimum absolute atomic E-state index is 0.110. The van der Waals surface area contributed by atoms with Gasteiger partial charge >= 0.3 is 5.97 Å². The molecule has 6 aromatic carbocycles. The van der Waals surface area contributed by atoms with Gasteiger partial charge < -0.3 is 5.11 Å². The van der Waals surface area contributed by atoms with E-state index in [9.17, 15) is 4.79 Å². The van der Waals surface area contributed by atoms with Crippen molar-refractivity contribution in [3.8, 4) is 5.69 Å². The van der Waals surface area contributed by atoms with Gasteiger partial charge in [-0.1, -0.05) is 111 Å². The van der Waals surface area contributed by atoms with Crippen molar-refractivity contribution in [1.82, 2.24) is 25.2 Å². The molecule has 1 aliphatic carbocycles. The largest absolute Gasteiger partial charge is 0.478 e. The van der Waals surface area contributed by atoms with Crippen LogP contribution in [0.5, 0.6) is 0 Å². The van der Waals surface area contributed by atoms with Crippen molar-refractivity contribution < 1.29 is 9.90 Å². The smallest absolute Gasteiger partial charge is 0.335 e. The van der Waals surface area contributed by atoms with Crippen LogP contribution in [0.2, 0.25) is 0 Å². The van der Waals surface area contributed by atoms with E-state index in [1.165, 1.54) is 43.8 Å². The maximum Gasteiger partial charge on any atom is 0.335 e. The molecule has 0 radical (unpaired) electrons. The molecule has 0 amide bonds. The van der Waals surface area contributed by atoms with Crippen molar-refractivity contribution in [1.29, 1.82) is 0 Å². The first-order chi connectivity index (χ1) is 24.8. The second-order valence-electron chi connectivity index (χ2n) is 14.0. The number of rotatable bonds is 5. The van der Waals surface area contributed by atoms with E-state index in [-0.39, 0.29) is 5.41 Å². The third-order valence-electron chi connectivity index (χ3n) is 10.2. The highest BCUT2D eigenvalue weighted by molar-refractivity contribution is 6.08. The molecular weight excluding hydrogens is 631 g/mol.